The fourth-order valence-corrected chi connectivity index (χ4v) is 2.16. The first-order valence-electron chi connectivity index (χ1n) is 6.15. The summed E-state index contributed by atoms with van der Waals surface area (Å²) in [6.45, 7) is 2.13. The number of aromatic nitrogens is 1. The van der Waals surface area contributed by atoms with E-state index in [1.165, 1.54) is 6.42 Å². The van der Waals surface area contributed by atoms with E-state index in [0.29, 0.717) is 5.56 Å². The van der Waals surface area contributed by atoms with Crippen LogP contribution >= 0.6 is 0 Å². The largest absolute Gasteiger partial charge is 0.373 e. The van der Waals surface area contributed by atoms with Gasteiger partial charge in [0.25, 0.3) is 5.91 Å². The maximum atomic E-state index is 12.0. The van der Waals surface area contributed by atoms with Crippen LogP contribution in [0.15, 0.2) is 18.3 Å². The van der Waals surface area contributed by atoms with Crippen LogP contribution in [-0.4, -0.2) is 23.5 Å². The summed E-state index contributed by atoms with van der Waals surface area (Å²) in [5, 5.41) is 6.07. The highest BCUT2D eigenvalue weighted by Gasteiger charge is 2.36. The molecule has 1 saturated carbocycles. The summed E-state index contributed by atoms with van der Waals surface area (Å²) in [6, 6.07) is 3.62. The molecule has 0 aromatic carbocycles. The topological polar surface area (TPSA) is 54.0 Å². The summed E-state index contributed by atoms with van der Waals surface area (Å²) in [5.74, 6) is 0.761. The molecule has 0 bridgehead atoms. The highest BCUT2D eigenvalue weighted by atomic mass is 16.1. The lowest BCUT2D eigenvalue weighted by atomic mass is 9.74. The third-order valence-corrected chi connectivity index (χ3v) is 3.65. The standard InChI is InChI=1S/C13H19N3O/c1-3-13(7-4-8-13)16-12(17)10-5-6-11(14-2)15-9-10/h5-6,9H,3-4,7-8H2,1-2H3,(H,14,15)(H,16,17). The van der Waals surface area contributed by atoms with E-state index in [0.717, 1.165) is 25.1 Å². The number of hydrogen-bond donors (Lipinski definition) is 2. The van der Waals surface area contributed by atoms with E-state index in [1.807, 2.05) is 13.1 Å². The molecule has 0 saturated heterocycles. The first-order chi connectivity index (χ1) is 8.19. The molecule has 0 atom stereocenters. The van der Waals surface area contributed by atoms with Gasteiger partial charge in [-0.05, 0) is 37.8 Å². The molecule has 92 valence electrons. The van der Waals surface area contributed by atoms with E-state index in [-0.39, 0.29) is 11.4 Å². The third kappa shape index (κ3) is 2.40. The van der Waals surface area contributed by atoms with Crippen molar-refractivity contribution in [2.24, 2.45) is 0 Å². The number of nitrogens with zero attached hydrogens (tertiary/aromatic N) is 1. The first kappa shape index (κ1) is 11.9. The predicted octanol–water partition coefficient (Wildman–Crippen LogP) is 2.19. The average molecular weight is 233 g/mol. The molecular formula is C13H19N3O. The van der Waals surface area contributed by atoms with Crippen LogP contribution in [0.25, 0.3) is 0 Å². The van der Waals surface area contributed by atoms with Gasteiger partial charge in [-0.2, -0.15) is 0 Å². The zero-order valence-corrected chi connectivity index (χ0v) is 10.4. The summed E-state index contributed by atoms with van der Waals surface area (Å²) in [5.41, 5.74) is 0.669. The molecule has 1 fully saturated rings. The Morgan fingerprint density at radius 3 is 2.65 bits per heavy atom. The van der Waals surface area contributed by atoms with Crippen molar-refractivity contribution in [3.8, 4) is 0 Å². The van der Waals surface area contributed by atoms with Gasteiger partial charge in [-0.25, -0.2) is 4.98 Å². The Kier molecular flexibility index (Phi) is 3.31. The molecule has 1 amide bonds. The molecule has 17 heavy (non-hydrogen) atoms. The Balaban J connectivity index is 2.03. The van der Waals surface area contributed by atoms with Gasteiger partial charge in [0.2, 0.25) is 0 Å². The van der Waals surface area contributed by atoms with E-state index in [4.69, 9.17) is 0 Å². The Morgan fingerprint density at radius 2 is 2.24 bits per heavy atom. The lowest BCUT2D eigenvalue weighted by Gasteiger charge is -2.42. The van der Waals surface area contributed by atoms with Gasteiger partial charge >= 0.3 is 0 Å². The van der Waals surface area contributed by atoms with Crippen LogP contribution < -0.4 is 10.6 Å². The Bertz CT molecular complexity index is 390. The maximum absolute atomic E-state index is 12.0. The highest BCUT2D eigenvalue weighted by Crippen LogP contribution is 2.34. The van der Waals surface area contributed by atoms with Crippen molar-refractivity contribution in [1.29, 1.82) is 0 Å². The number of rotatable bonds is 4. The first-order valence-corrected chi connectivity index (χ1v) is 6.15. The van der Waals surface area contributed by atoms with Gasteiger partial charge < -0.3 is 10.6 Å². The lowest BCUT2D eigenvalue weighted by molar-refractivity contribution is 0.0820. The fourth-order valence-electron chi connectivity index (χ4n) is 2.16. The number of carbonyl (C=O) groups is 1. The SMILES string of the molecule is CCC1(NC(=O)c2ccc(NC)nc2)CCC1. The molecule has 2 rings (SSSR count). The predicted molar refractivity (Wildman–Crippen MR) is 68.1 cm³/mol. The molecule has 1 aromatic heterocycles. The minimum absolute atomic E-state index is 0.0123. The Hall–Kier alpha value is -1.58. The number of amides is 1. The number of nitrogens with one attached hydrogen (secondary N) is 2. The van der Waals surface area contributed by atoms with E-state index in [9.17, 15) is 4.79 Å². The van der Waals surface area contributed by atoms with Crippen LogP contribution in [0.3, 0.4) is 0 Å². The monoisotopic (exact) mass is 233 g/mol. The molecule has 4 nitrogen and oxygen atoms in total. The second-order valence-corrected chi connectivity index (χ2v) is 4.62. The van der Waals surface area contributed by atoms with Gasteiger partial charge in [0.05, 0.1) is 5.56 Å². The molecule has 1 aliphatic rings. The van der Waals surface area contributed by atoms with Gasteiger partial charge in [0.1, 0.15) is 5.82 Å². The second kappa shape index (κ2) is 4.73. The smallest absolute Gasteiger partial charge is 0.253 e. The van der Waals surface area contributed by atoms with Crippen molar-refractivity contribution in [3.63, 3.8) is 0 Å². The van der Waals surface area contributed by atoms with Crippen molar-refractivity contribution < 1.29 is 4.79 Å². The van der Waals surface area contributed by atoms with Crippen molar-refractivity contribution in [2.45, 2.75) is 38.1 Å². The minimum Gasteiger partial charge on any atom is -0.373 e. The van der Waals surface area contributed by atoms with Crippen molar-refractivity contribution in [1.82, 2.24) is 10.3 Å². The number of hydrogen-bond acceptors (Lipinski definition) is 3. The summed E-state index contributed by atoms with van der Waals surface area (Å²) >= 11 is 0. The van der Waals surface area contributed by atoms with Gasteiger partial charge in [-0.1, -0.05) is 6.92 Å². The molecule has 0 unspecified atom stereocenters. The number of pyridine rings is 1. The molecule has 1 heterocycles. The summed E-state index contributed by atoms with van der Waals surface area (Å²) < 4.78 is 0. The number of anilines is 1. The molecule has 2 N–H and O–H groups in total. The molecule has 1 aliphatic carbocycles. The maximum Gasteiger partial charge on any atom is 0.253 e. The van der Waals surface area contributed by atoms with Crippen LogP contribution in [0.2, 0.25) is 0 Å². The molecule has 0 aliphatic heterocycles. The highest BCUT2D eigenvalue weighted by molar-refractivity contribution is 5.94. The quantitative estimate of drug-likeness (QED) is 0.838. The zero-order chi connectivity index (χ0) is 12.3. The minimum atomic E-state index is -0.0123. The summed E-state index contributed by atoms with van der Waals surface area (Å²) in [6.07, 6.45) is 6.02. The van der Waals surface area contributed by atoms with Gasteiger partial charge in [-0.3, -0.25) is 4.79 Å². The van der Waals surface area contributed by atoms with E-state index in [2.05, 4.69) is 22.5 Å². The van der Waals surface area contributed by atoms with Crippen LogP contribution in [0.4, 0.5) is 5.82 Å². The molecule has 4 heteroatoms. The van der Waals surface area contributed by atoms with Crippen molar-refractivity contribution in [2.75, 3.05) is 12.4 Å². The van der Waals surface area contributed by atoms with Crippen LogP contribution in [0.5, 0.6) is 0 Å². The van der Waals surface area contributed by atoms with Gasteiger partial charge in [0.15, 0.2) is 0 Å². The Labute approximate surface area is 102 Å². The van der Waals surface area contributed by atoms with Crippen LogP contribution in [-0.2, 0) is 0 Å². The Morgan fingerprint density at radius 1 is 1.47 bits per heavy atom. The molecular weight excluding hydrogens is 214 g/mol. The molecule has 0 radical (unpaired) electrons. The second-order valence-electron chi connectivity index (χ2n) is 4.62. The zero-order valence-electron chi connectivity index (χ0n) is 10.4. The fraction of sp³-hybridized carbons (Fsp3) is 0.538. The van der Waals surface area contributed by atoms with Crippen LogP contribution in [0, 0.1) is 0 Å². The lowest BCUT2D eigenvalue weighted by Crippen LogP contribution is -2.52. The van der Waals surface area contributed by atoms with E-state index < -0.39 is 0 Å². The third-order valence-electron chi connectivity index (χ3n) is 3.65. The van der Waals surface area contributed by atoms with Gasteiger partial charge in [0, 0.05) is 18.8 Å². The van der Waals surface area contributed by atoms with Crippen molar-refractivity contribution >= 4 is 11.7 Å². The average Bonchev–Trinajstić information content (AvgIpc) is 2.33. The molecule has 1 aromatic rings. The van der Waals surface area contributed by atoms with Gasteiger partial charge in [-0.15, -0.1) is 0 Å². The number of carbonyl (C=O) groups excluding carboxylic acids is 1. The van der Waals surface area contributed by atoms with E-state index in [1.54, 1.807) is 12.3 Å². The molecule has 0 spiro atoms. The summed E-state index contributed by atoms with van der Waals surface area (Å²) in [7, 11) is 1.81. The van der Waals surface area contributed by atoms with Crippen molar-refractivity contribution in [3.05, 3.63) is 23.9 Å². The van der Waals surface area contributed by atoms with E-state index >= 15 is 0 Å². The normalized spacial score (nSPS) is 17.1. The van der Waals surface area contributed by atoms with Crippen LogP contribution in [0.1, 0.15) is 43.0 Å². The summed E-state index contributed by atoms with van der Waals surface area (Å²) in [4.78, 5) is 16.2.